The van der Waals surface area contributed by atoms with Crippen molar-refractivity contribution in [2.75, 3.05) is 0 Å². The number of nitrogens with zero attached hydrogens (tertiary/aromatic N) is 1. The number of rotatable bonds is 4. The van der Waals surface area contributed by atoms with Crippen LogP contribution in [-0.4, -0.2) is 4.98 Å². The van der Waals surface area contributed by atoms with Crippen molar-refractivity contribution in [2.24, 2.45) is 5.73 Å². The average Bonchev–Trinajstić information content (AvgIpc) is 2.15. The number of nitrogens with two attached hydrogens (primary N) is 1. The molecule has 1 atom stereocenters. The molecule has 1 heterocycles. The minimum absolute atomic E-state index is 0.161. The maximum absolute atomic E-state index is 6.04. The van der Waals surface area contributed by atoms with E-state index in [1.807, 2.05) is 18.5 Å². The standard InChI is InChI=1S/C11H18N2/c1-3-4-5-11(12)10-8-13-7-6-9(10)2/h6-8,11H,3-5,12H2,1-2H3. The molecule has 0 radical (unpaired) electrons. The zero-order chi connectivity index (χ0) is 9.68. The molecule has 72 valence electrons. The van der Waals surface area contributed by atoms with Crippen LogP contribution in [0.15, 0.2) is 18.5 Å². The van der Waals surface area contributed by atoms with Crippen LogP contribution in [0.25, 0.3) is 0 Å². The number of hydrogen-bond donors (Lipinski definition) is 1. The molecule has 0 aromatic carbocycles. The summed E-state index contributed by atoms with van der Waals surface area (Å²) in [4.78, 5) is 4.09. The van der Waals surface area contributed by atoms with Crippen molar-refractivity contribution in [1.29, 1.82) is 0 Å². The van der Waals surface area contributed by atoms with Crippen molar-refractivity contribution in [3.63, 3.8) is 0 Å². The molecule has 1 unspecified atom stereocenters. The van der Waals surface area contributed by atoms with E-state index in [2.05, 4.69) is 18.8 Å². The molecule has 0 saturated heterocycles. The second kappa shape index (κ2) is 4.97. The van der Waals surface area contributed by atoms with Crippen LogP contribution in [0.1, 0.15) is 43.4 Å². The molecule has 2 N–H and O–H groups in total. The van der Waals surface area contributed by atoms with Crippen LogP contribution in [0.3, 0.4) is 0 Å². The third kappa shape index (κ3) is 2.81. The summed E-state index contributed by atoms with van der Waals surface area (Å²) in [6, 6.07) is 2.18. The first-order chi connectivity index (χ1) is 6.25. The second-order valence-electron chi connectivity index (χ2n) is 3.48. The minimum atomic E-state index is 0.161. The van der Waals surface area contributed by atoms with Gasteiger partial charge in [0.1, 0.15) is 0 Å². The van der Waals surface area contributed by atoms with Gasteiger partial charge in [-0.3, -0.25) is 4.98 Å². The van der Waals surface area contributed by atoms with Crippen molar-refractivity contribution in [2.45, 2.75) is 39.2 Å². The molecule has 1 aromatic rings. The molecule has 0 bridgehead atoms. The number of pyridine rings is 1. The zero-order valence-electron chi connectivity index (χ0n) is 8.46. The molecule has 0 aliphatic heterocycles. The lowest BCUT2D eigenvalue weighted by Crippen LogP contribution is -2.11. The predicted octanol–water partition coefficient (Wildman–Crippen LogP) is 2.58. The van der Waals surface area contributed by atoms with Gasteiger partial charge >= 0.3 is 0 Å². The highest BCUT2D eigenvalue weighted by Gasteiger charge is 2.07. The molecular formula is C11H18N2. The van der Waals surface area contributed by atoms with E-state index in [0.29, 0.717) is 0 Å². The summed E-state index contributed by atoms with van der Waals surface area (Å²) in [7, 11) is 0. The Hall–Kier alpha value is -0.890. The zero-order valence-corrected chi connectivity index (χ0v) is 8.46. The van der Waals surface area contributed by atoms with Crippen molar-refractivity contribution in [3.05, 3.63) is 29.6 Å². The topological polar surface area (TPSA) is 38.9 Å². The maximum atomic E-state index is 6.04. The summed E-state index contributed by atoms with van der Waals surface area (Å²) < 4.78 is 0. The van der Waals surface area contributed by atoms with Gasteiger partial charge in [-0.15, -0.1) is 0 Å². The Kier molecular flexibility index (Phi) is 3.90. The van der Waals surface area contributed by atoms with E-state index in [9.17, 15) is 0 Å². The highest BCUT2D eigenvalue weighted by molar-refractivity contribution is 5.24. The van der Waals surface area contributed by atoms with Gasteiger partial charge in [0.25, 0.3) is 0 Å². The molecule has 0 aliphatic rings. The minimum Gasteiger partial charge on any atom is -0.324 e. The van der Waals surface area contributed by atoms with Gasteiger partial charge < -0.3 is 5.73 Å². The lowest BCUT2D eigenvalue weighted by atomic mass is 10.00. The maximum Gasteiger partial charge on any atom is 0.0318 e. The summed E-state index contributed by atoms with van der Waals surface area (Å²) in [5.41, 5.74) is 8.48. The van der Waals surface area contributed by atoms with E-state index in [1.54, 1.807) is 0 Å². The van der Waals surface area contributed by atoms with Gasteiger partial charge in [0.05, 0.1) is 0 Å². The van der Waals surface area contributed by atoms with Gasteiger partial charge in [0.2, 0.25) is 0 Å². The van der Waals surface area contributed by atoms with Gasteiger partial charge in [-0.2, -0.15) is 0 Å². The molecule has 0 fully saturated rings. The van der Waals surface area contributed by atoms with Gasteiger partial charge in [0, 0.05) is 18.4 Å². The molecule has 2 nitrogen and oxygen atoms in total. The first kappa shape index (κ1) is 10.2. The van der Waals surface area contributed by atoms with E-state index in [1.165, 1.54) is 24.0 Å². The Balaban J connectivity index is 2.65. The molecule has 0 saturated carbocycles. The van der Waals surface area contributed by atoms with Crippen LogP contribution in [0.2, 0.25) is 0 Å². The van der Waals surface area contributed by atoms with Crippen LogP contribution >= 0.6 is 0 Å². The number of aromatic nitrogens is 1. The molecule has 0 spiro atoms. The number of aryl methyl sites for hydroxylation is 1. The van der Waals surface area contributed by atoms with Crippen LogP contribution < -0.4 is 5.73 Å². The third-order valence-electron chi connectivity index (χ3n) is 2.35. The summed E-state index contributed by atoms with van der Waals surface area (Å²) in [6.07, 6.45) is 7.15. The lowest BCUT2D eigenvalue weighted by molar-refractivity contribution is 0.599. The molecule has 13 heavy (non-hydrogen) atoms. The Morgan fingerprint density at radius 3 is 2.92 bits per heavy atom. The van der Waals surface area contributed by atoms with Gasteiger partial charge in [-0.25, -0.2) is 0 Å². The van der Waals surface area contributed by atoms with E-state index < -0.39 is 0 Å². The Bertz CT molecular complexity index is 258. The Morgan fingerprint density at radius 2 is 2.31 bits per heavy atom. The summed E-state index contributed by atoms with van der Waals surface area (Å²) in [6.45, 7) is 4.27. The molecule has 1 rings (SSSR count). The third-order valence-corrected chi connectivity index (χ3v) is 2.35. The largest absolute Gasteiger partial charge is 0.324 e. The van der Waals surface area contributed by atoms with Gasteiger partial charge in [-0.05, 0) is 30.5 Å². The molecular weight excluding hydrogens is 160 g/mol. The predicted molar refractivity (Wildman–Crippen MR) is 55.4 cm³/mol. The molecule has 0 amide bonds. The second-order valence-corrected chi connectivity index (χ2v) is 3.48. The van der Waals surface area contributed by atoms with Crippen molar-refractivity contribution in [3.8, 4) is 0 Å². The Labute approximate surface area is 80.2 Å². The van der Waals surface area contributed by atoms with Crippen LogP contribution in [0.5, 0.6) is 0 Å². The highest BCUT2D eigenvalue weighted by Crippen LogP contribution is 2.18. The Morgan fingerprint density at radius 1 is 1.54 bits per heavy atom. The van der Waals surface area contributed by atoms with Gasteiger partial charge in [0.15, 0.2) is 0 Å². The fraction of sp³-hybridized carbons (Fsp3) is 0.545. The normalized spacial score (nSPS) is 12.8. The lowest BCUT2D eigenvalue weighted by Gasteiger charge is -2.12. The highest BCUT2D eigenvalue weighted by atomic mass is 14.7. The van der Waals surface area contributed by atoms with Crippen LogP contribution in [-0.2, 0) is 0 Å². The summed E-state index contributed by atoms with van der Waals surface area (Å²) in [5.74, 6) is 0. The number of unbranched alkanes of at least 4 members (excludes halogenated alkanes) is 1. The van der Waals surface area contributed by atoms with Gasteiger partial charge in [-0.1, -0.05) is 19.8 Å². The fourth-order valence-corrected chi connectivity index (χ4v) is 1.44. The summed E-state index contributed by atoms with van der Waals surface area (Å²) in [5, 5.41) is 0. The molecule has 1 aromatic heterocycles. The van der Waals surface area contributed by atoms with Crippen LogP contribution in [0, 0.1) is 6.92 Å². The van der Waals surface area contributed by atoms with E-state index in [-0.39, 0.29) is 6.04 Å². The molecule has 0 aliphatic carbocycles. The first-order valence-electron chi connectivity index (χ1n) is 4.91. The summed E-state index contributed by atoms with van der Waals surface area (Å²) >= 11 is 0. The first-order valence-corrected chi connectivity index (χ1v) is 4.91. The monoisotopic (exact) mass is 178 g/mol. The van der Waals surface area contributed by atoms with Crippen molar-refractivity contribution >= 4 is 0 Å². The smallest absolute Gasteiger partial charge is 0.0318 e. The number of hydrogen-bond acceptors (Lipinski definition) is 2. The van der Waals surface area contributed by atoms with Crippen LogP contribution in [0.4, 0.5) is 0 Å². The SMILES string of the molecule is CCCCC(N)c1cnccc1C. The fourth-order valence-electron chi connectivity index (χ4n) is 1.44. The molecule has 2 heteroatoms. The van der Waals surface area contributed by atoms with E-state index in [4.69, 9.17) is 5.73 Å². The average molecular weight is 178 g/mol. The van der Waals surface area contributed by atoms with Crippen molar-refractivity contribution in [1.82, 2.24) is 4.98 Å². The van der Waals surface area contributed by atoms with E-state index >= 15 is 0 Å². The van der Waals surface area contributed by atoms with E-state index in [0.717, 1.165) is 6.42 Å². The van der Waals surface area contributed by atoms with Crippen molar-refractivity contribution < 1.29 is 0 Å². The quantitative estimate of drug-likeness (QED) is 0.769.